The van der Waals surface area contributed by atoms with Gasteiger partial charge in [-0.05, 0) is 29.8 Å². The molecule has 0 spiro atoms. The van der Waals surface area contributed by atoms with E-state index < -0.39 is 5.82 Å². The minimum absolute atomic E-state index is 0.00478. The molecular weight excluding hydrogens is 269 g/mol. The number of para-hydroxylation sites is 1. The number of rotatable bonds is 4. The first-order valence-electron chi connectivity index (χ1n) is 6.19. The summed E-state index contributed by atoms with van der Waals surface area (Å²) < 4.78 is 18.5. The smallest absolute Gasteiger partial charge is 0.143 e. The van der Waals surface area contributed by atoms with Crippen molar-refractivity contribution >= 4 is 5.69 Å². The number of nitrogens with one attached hydrogen (secondary N) is 1. The van der Waals surface area contributed by atoms with Crippen molar-refractivity contribution in [2.75, 3.05) is 12.4 Å². The van der Waals surface area contributed by atoms with Gasteiger partial charge in [0.1, 0.15) is 23.7 Å². The molecule has 0 saturated heterocycles. The number of anilines is 1. The van der Waals surface area contributed by atoms with Crippen LogP contribution in [-0.4, -0.2) is 7.11 Å². The highest BCUT2D eigenvalue weighted by molar-refractivity contribution is 5.66. The van der Waals surface area contributed by atoms with Crippen LogP contribution in [0.4, 0.5) is 10.1 Å². The molecule has 5 heteroatoms. The summed E-state index contributed by atoms with van der Waals surface area (Å²) in [6, 6.07) is 13.4. The number of nitriles is 2. The maximum absolute atomic E-state index is 13.3. The highest BCUT2D eigenvalue weighted by Gasteiger charge is 2.09. The van der Waals surface area contributed by atoms with Crippen molar-refractivity contribution in [1.82, 2.24) is 0 Å². The lowest BCUT2D eigenvalue weighted by Crippen LogP contribution is -2.04. The molecule has 21 heavy (non-hydrogen) atoms. The first-order valence-corrected chi connectivity index (χ1v) is 6.19. The second-order valence-electron chi connectivity index (χ2n) is 4.27. The first kappa shape index (κ1) is 14.4. The van der Waals surface area contributed by atoms with Crippen LogP contribution in [-0.2, 0) is 6.54 Å². The summed E-state index contributed by atoms with van der Waals surface area (Å²) in [4.78, 5) is 0. The van der Waals surface area contributed by atoms with Gasteiger partial charge in [-0.2, -0.15) is 10.5 Å². The Bertz CT molecular complexity index is 744. The van der Waals surface area contributed by atoms with Gasteiger partial charge >= 0.3 is 0 Å². The predicted molar refractivity (Wildman–Crippen MR) is 76.2 cm³/mol. The van der Waals surface area contributed by atoms with Gasteiger partial charge in [-0.25, -0.2) is 4.39 Å². The average molecular weight is 281 g/mol. The molecule has 0 fully saturated rings. The number of hydrogen-bond donors (Lipinski definition) is 1. The molecule has 0 aliphatic carbocycles. The van der Waals surface area contributed by atoms with E-state index in [1.165, 1.54) is 19.2 Å². The van der Waals surface area contributed by atoms with E-state index in [2.05, 4.69) is 11.4 Å². The molecule has 0 aliphatic heterocycles. The van der Waals surface area contributed by atoms with E-state index in [-0.39, 0.29) is 5.56 Å². The summed E-state index contributed by atoms with van der Waals surface area (Å²) in [6.45, 7) is 0.351. The van der Waals surface area contributed by atoms with Gasteiger partial charge in [0.15, 0.2) is 0 Å². The zero-order chi connectivity index (χ0) is 15.2. The molecule has 0 aromatic heterocycles. The molecule has 104 valence electrons. The molecule has 2 rings (SSSR count). The lowest BCUT2D eigenvalue weighted by atomic mass is 10.1. The number of benzene rings is 2. The number of nitrogens with zero attached hydrogens (tertiary/aromatic N) is 2. The van der Waals surface area contributed by atoms with E-state index in [1.54, 1.807) is 30.3 Å². The Labute approximate surface area is 122 Å². The molecule has 0 amide bonds. The van der Waals surface area contributed by atoms with Crippen LogP contribution >= 0.6 is 0 Å². The summed E-state index contributed by atoms with van der Waals surface area (Å²) >= 11 is 0. The molecule has 1 N–H and O–H groups in total. The molecule has 2 aromatic rings. The van der Waals surface area contributed by atoms with E-state index in [4.69, 9.17) is 15.3 Å². The number of ether oxygens (including phenoxy) is 1. The van der Waals surface area contributed by atoms with Gasteiger partial charge in [0.05, 0.1) is 23.9 Å². The third-order valence-corrected chi connectivity index (χ3v) is 2.99. The Morgan fingerprint density at radius 3 is 2.57 bits per heavy atom. The van der Waals surface area contributed by atoms with Crippen molar-refractivity contribution in [1.29, 1.82) is 10.5 Å². The number of halogens is 1. The van der Waals surface area contributed by atoms with E-state index in [0.717, 1.165) is 5.56 Å². The van der Waals surface area contributed by atoms with E-state index in [9.17, 15) is 4.39 Å². The van der Waals surface area contributed by atoms with E-state index in [1.807, 2.05) is 0 Å². The molecule has 0 unspecified atom stereocenters. The van der Waals surface area contributed by atoms with Crippen molar-refractivity contribution in [3.05, 3.63) is 58.9 Å². The summed E-state index contributed by atoms with van der Waals surface area (Å²) in [6.07, 6.45) is 0. The molecule has 2 aromatic carbocycles. The molecule has 4 nitrogen and oxygen atoms in total. The largest absolute Gasteiger partial charge is 0.495 e. The van der Waals surface area contributed by atoms with Crippen molar-refractivity contribution in [3.63, 3.8) is 0 Å². The fourth-order valence-corrected chi connectivity index (χ4v) is 1.94. The van der Waals surface area contributed by atoms with Crippen molar-refractivity contribution in [3.8, 4) is 17.9 Å². The van der Waals surface area contributed by atoms with Gasteiger partial charge in [-0.1, -0.05) is 12.1 Å². The first-order chi connectivity index (χ1) is 10.2. The molecule has 0 aliphatic rings. The van der Waals surface area contributed by atoms with Gasteiger partial charge in [-0.15, -0.1) is 0 Å². The van der Waals surface area contributed by atoms with Crippen LogP contribution in [0, 0.1) is 28.5 Å². The fraction of sp³-hybridized carbons (Fsp3) is 0.125. The zero-order valence-electron chi connectivity index (χ0n) is 11.4. The highest BCUT2D eigenvalue weighted by atomic mass is 19.1. The Balaban J connectivity index is 2.25. The Kier molecular flexibility index (Phi) is 4.38. The van der Waals surface area contributed by atoms with Crippen molar-refractivity contribution in [2.45, 2.75) is 6.54 Å². The third kappa shape index (κ3) is 3.10. The quantitative estimate of drug-likeness (QED) is 0.934. The van der Waals surface area contributed by atoms with Crippen LogP contribution in [0.25, 0.3) is 0 Å². The van der Waals surface area contributed by atoms with Gasteiger partial charge in [0.2, 0.25) is 0 Å². The average Bonchev–Trinajstić information content (AvgIpc) is 2.53. The van der Waals surface area contributed by atoms with Crippen LogP contribution in [0.3, 0.4) is 0 Å². The van der Waals surface area contributed by atoms with Gasteiger partial charge in [-0.3, -0.25) is 0 Å². The monoisotopic (exact) mass is 281 g/mol. The zero-order valence-corrected chi connectivity index (χ0v) is 11.4. The SMILES string of the molecule is COc1cccc(C#N)c1NCc1ccc(F)c(C#N)c1. The van der Waals surface area contributed by atoms with E-state index in [0.29, 0.717) is 23.5 Å². The van der Waals surface area contributed by atoms with Crippen LogP contribution < -0.4 is 10.1 Å². The van der Waals surface area contributed by atoms with Crippen molar-refractivity contribution in [2.24, 2.45) is 0 Å². The number of hydrogen-bond acceptors (Lipinski definition) is 4. The van der Waals surface area contributed by atoms with Gasteiger partial charge in [0.25, 0.3) is 0 Å². The van der Waals surface area contributed by atoms with Crippen LogP contribution in [0.1, 0.15) is 16.7 Å². The Morgan fingerprint density at radius 1 is 1.14 bits per heavy atom. The van der Waals surface area contributed by atoms with E-state index >= 15 is 0 Å². The molecular formula is C16H12FN3O. The minimum atomic E-state index is -0.545. The normalized spacial score (nSPS) is 9.52. The maximum Gasteiger partial charge on any atom is 0.143 e. The lowest BCUT2D eigenvalue weighted by Gasteiger charge is -2.12. The molecule has 0 atom stereocenters. The fourth-order valence-electron chi connectivity index (χ4n) is 1.94. The van der Waals surface area contributed by atoms with Gasteiger partial charge < -0.3 is 10.1 Å². The molecule has 0 heterocycles. The van der Waals surface area contributed by atoms with Crippen LogP contribution in [0.2, 0.25) is 0 Å². The van der Waals surface area contributed by atoms with Crippen LogP contribution in [0.15, 0.2) is 36.4 Å². The lowest BCUT2D eigenvalue weighted by molar-refractivity contribution is 0.416. The summed E-state index contributed by atoms with van der Waals surface area (Å²) in [5.41, 5.74) is 1.76. The molecule has 0 radical (unpaired) electrons. The molecule has 0 saturated carbocycles. The summed E-state index contributed by atoms with van der Waals surface area (Å²) in [5, 5.41) is 21.0. The third-order valence-electron chi connectivity index (χ3n) is 2.99. The standard InChI is InChI=1S/C16H12FN3O/c1-21-15-4-2-3-12(8-18)16(15)20-10-11-5-6-14(17)13(7-11)9-19/h2-7,20H,10H2,1H3. The Morgan fingerprint density at radius 2 is 1.90 bits per heavy atom. The summed E-state index contributed by atoms with van der Waals surface area (Å²) in [7, 11) is 1.52. The van der Waals surface area contributed by atoms with Crippen molar-refractivity contribution < 1.29 is 9.13 Å². The Hall–Kier alpha value is -3.05. The highest BCUT2D eigenvalue weighted by Crippen LogP contribution is 2.28. The van der Waals surface area contributed by atoms with Crippen LogP contribution in [0.5, 0.6) is 5.75 Å². The maximum atomic E-state index is 13.3. The number of methoxy groups -OCH3 is 1. The van der Waals surface area contributed by atoms with Gasteiger partial charge in [0, 0.05) is 6.54 Å². The minimum Gasteiger partial charge on any atom is -0.495 e. The second kappa shape index (κ2) is 6.40. The second-order valence-corrected chi connectivity index (χ2v) is 4.27. The topological polar surface area (TPSA) is 68.8 Å². The predicted octanol–water partition coefficient (Wildman–Crippen LogP) is 3.19. The summed E-state index contributed by atoms with van der Waals surface area (Å²) in [5.74, 6) is 0.00734. The molecule has 0 bridgehead atoms.